The quantitative estimate of drug-likeness (QED) is 0.810. The van der Waals surface area contributed by atoms with Crippen molar-refractivity contribution in [1.29, 1.82) is 0 Å². The third kappa shape index (κ3) is 6.71. The van der Waals surface area contributed by atoms with Crippen LogP contribution in [0.4, 0.5) is 0 Å². The number of amides is 1. The molecule has 1 rings (SSSR count). The maximum absolute atomic E-state index is 12.3. The summed E-state index contributed by atoms with van der Waals surface area (Å²) >= 11 is 0. The minimum absolute atomic E-state index is 0.306. The first-order chi connectivity index (χ1) is 9.31. The van der Waals surface area contributed by atoms with E-state index >= 15 is 0 Å². The van der Waals surface area contributed by atoms with Crippen LogP contribution >= 0.6 is 0 Å². The molecule has 1 amide bonds. The molecule has 1 aliphatic rings. The fourth-order valence-corrected chi connectivity index (χ4v) is 3.08. The first-order valence-electron chi connectivity index (χ1n) is 8.02. The van der Waals surface area contributed by atoms with Gasteiger partial charge in [-0.3, -0.25) is 9.69 Å². The van der Waals surface area contributed by atoms with Gasteiger partial charge in [0.25, 0.3) is 0 Å². The predicted molar refractivity (Wildman–Crippen MR) is 84.5 cm³/mol. The van der Waals surface area contributed by atoms with Gasteiger partial charge in [0.05, 0.1) is 0 Å². The van der Waals surface area contributed by atoms with Crippen molar-refractivity contribution in [3.63, 3.8) is 0 Å². The van der Waals surface area contributed by atoms with E-state index in [-0.39, 0.29) is 0 Å². The van der Waals surface area contributed by atoms with Crippen LogP contribution in [-0.4, -0.2) is 55.0 Å². The van der Waals surface area contributed by atoms with E-state index in [9.17, 15) is 4.79 Å². The third-order valence-electron chi connectivity index (χ3n) is 3.89. The van der Waals surface area contributed by atoms with Gasteiger partial charge in [-0.1, -0.05) is 27.7 Å². The number of carbonyl (C=O) groups is 1. The minimum atomic E-state index is 0.306. The van der Waals surface area contributed by atoms with E-state index in [2.05, 4.69) is 32.6 Å². The molecule has 1 saturated heterocycles. The van der Waals surface area contributed by atoms with Crippen molar-refractivity contribution in [3.05, 3.63) is 0 Å². The average molecular weight is 283 g/mol. The van der Waals surface area contributed by atoms with Crippen LogP contribution in [0.5, 0.6) is 0 Å². The van der Waals surface area contributed by atoms with Crippen LogP contribution in [-0.2, 0) is 4.79 Å². The molecule has 1 atom stereocenters. The smallest absolute Gasteiger partial charge is 0.222 e. The van der Waals surface area contributed by atoms with Crippen LogP contribution in [0.1, 0.15) is 47.0 Å². The summed E-state index contributed by atoms with van der Waals surface area (Å²) < 4.78 is 0. The Bertz CT molecular complexity index is 291. The molecule has 4 heteroatoms. The molecule has 0 aromatic carbocycles. The summed E-state index contributed by atoms with van der Waals surface area (Å²) in [6, 6.07) is 0. The standard InChI is InChI=1S/C16H33N3O/c1-14(13-16(2,3)4)12-15(20)19-10-8-18(9-11-19)7-5-6-17/h14H,5-13,17H2,1-4H3. The number of hydrogen-bond donors (Lipinski definition) is 1. The number of carbonyl (C=O) groups excluding carboxylic acids is 1. The lowest BCUT2D eigenvalue weighted by Gasteiger charge is -2.35. The molecule has 1 aliphatic heterocycles. The molecule has 118 valence electrons. The van der Waals surface area contributed by atoms with Gasteiger partial charge in [-0.25, -0.2) is 0 Å². The number of nitrogens with zero attached hydrogens (tertiary/aromatic N) is 2. The molecule has 0 radical (unpaired) electrons. The normalized spacial score (nSPS) is 19.1. The summed E-state index contributed by atoms with van der Waals surface area (Å²) in [5.74, 6) is 0.804. The Kier molecular flexibility index (Phi) is 6.96. The van der Waals surface area contributed by atoms with Crippen molar-refractivity contribution in [2.75, 3.05) is 39.3 Å². The molecule has 0 saturated carbocycles. The second-order valence-corrected chi connectivity index (χ2v) is 7.44. The van der Waals surface area contributed by atoms with Gasteiger partial charge in [0.15, 0.2) is 0 Å². The Morgan fingerprint density at radius 3 is 2.30 bits per heavy atom. The first-order valence-corrected chi connectivity index (χ1v) is 8.02. The fourth-order valence-electron chi connectivity index (χ4n) is 3.08. The third-order valence-corrected chi connectivity index (χ3v) is 3.89. The second-order valence-electron chi connectivity index (χ2n) is 7.44. The van der Waals surface area contributed by atoms with E-state index < -0.39 is 0 Å². The number of piperazine rings is 1. The Morgan fingerprint density at radius 1 is 1.20 bits per heavy atom. The van der Waals surface area contributed by atoms with Crippen molar-refractivity contribution < 1.29 is 4.79 Å². The molecular weight excluding hydrogens is 250 g/mol. The molecule has 1 heterocycles. The van der Waals surface area contributed by atoms with Crippen LogP contribution in [0, 0.1) is 11.3 Å². The first kappa shape index (κ1) is 17.4. The van der Waals surface area contributed by atoms with Crippen molar-refractivity contribution in [2.45, 2.75) is 47.0 Å². The van der Waals surface area contributed by atoms with Gasteiger partial charge < -0.3 is 10.6 Å². The zero-order valence-electron chi connectivity index (χ0n) is 13.8. The van der Waals surface area contributed by atoms with E-state index in [0.717, 1.165) is 52.1 Å². The molecule has 1 unspecified atom stereocenters. The lowest BCUT2D eigenvalue weighted by molar-refractivity contribution is -0.134. The van der Waals surface area contributed by atoms with E-state index in [4.69, 9.17) is 5.73 Å². The highest BCUT2D eigenvalue weighted by molar-refractivity contribution is 5.76. The van der Waals surface area contributed by atoms with E-state index in [1.807, 2.05) is 4.90 Å². The van der Waals surface area contributed by atoms with Crippen LogP contribution in [0.25, 0.3) is 0 Å². The highest BCUT2D eigenvalue weighted by Crippen LogP contribution is 2.26. The molecular formula is C16H33N3O. The maximum atomic E-state index is 12.3. The molecule has 0 aromatic rings. The molecule has 20 heavy (non-hydrogen) atoms. The molecule has 0 bridgehead atoms. The van der Waals surface area contributed by atoms with E-state index in [1.54, 1.807) is 0 Å². The van der Waals surface area contributed by atoms with Gasteiger partial charge in [-0.05, 0) is 37.3 Å². The largest absolute Gasteiger partial charge is 0.340 e. The fraction of sp³-hybridized carbons (Fsp3) is 0.938. The minimum Gasteiger partial charge on any atom is -0.340 e. The van der Waals surface area contributed by atoms with Crippen molar-refractivity contribution in [1.82, 2.24) is 9.80 Å². The molecule has 0 spiro atoms. The van der Waals surface area contributed by atoms with Crippen LogP contribution in [0.15, 0.2) is 0 Å². The van der Waals surface area contributed by atoms with Crippen LogP contribution < -0.4 is 5.73 Å². The summed E-state index contributed by atoms with van der Waals surface area (Å²) in [6.07, 6.45) is 2.85. The average Bonchev–Trinajstić information content (AvgIpc) is 2.34. The Balaban J connectivity index is 2.28. The van der Waals surface area contributed by atoms with Crippen LogP contribution in [0.2, 0.25) is 0 Å². The number of hydrogen-bond acceptors (Lipinski definition) is 3. The van der Waals surface area contributed by atoms with Gasteiger partial charge >= 0.3 is 0 Å². The topological polar surface area (TPSA) is 49.6 Å². The summed E-state index contributed by atoms with van der Waals surface area (Å²) in [6.45, 7) is 14.5. The van der Waals surface area contributed by atoms with Gasteiger partial charge in [-0.2, -0.15) is 0 Å². The predicted octanol–water partition coefficient (Wildman–Crippen LogP) is 1.94. The van der Waals surface area contributed by atoms with E-state index in [0.29, 0.717) is 23.7 Å². The second kappa shape index (κ2) is 7.99. The summed E-state index contributed by atoms with van der Waals surface area (Å²) in [5.41, 5.74) is 5.84. The van der Waals surface area contributed by atoms with Crippen LogP contribution in [0.3, 0.4) is 0 Å². The number of nitrogens with two attached hydrogens (primary N) is 1. The lowest BCUT2D eigenvalue weighted by Crippen LogP contribution is -2.49. The van der Waals surface area contributed by atoms with Gasteiger partial charge in [-0.15, -0.1) is 0 Å². The lowest BCUT2D eigenvalue weighted by atomic mass is 9.84. The summed E-state index contributed by atoms with van der Waals surface area (Å²) in [5, 5.41) is 0. The Labute approximate surface area is 124 Å². The maximum Gasteiger partial charge on any atom is 0.222 e. The van der Waals surface area contributed by atoms with Crippen molar-refractivity contribution in [3.8, 4) is 0 Å². The highest BCUT2D eigenvalue weighted by Gasteiger charge is 2.23. The van der Waals surface area contributed by atoms with Crippen molar-refractivity contribution in [2.24, 2.45) is 17.1 Å². The van der Waals surface area contributed by atoms with E-state index in [1.165, 1.54) is 0 Å². The van der Waals surface area contributed by atoms with Gasteiger partial charge in [0.1, 0.15) is 0 Å². The Hall–Kier alpha value is -0.610. The van der Waals surface area contributed by atoms with Crippen molar-refractivity contribution >= 4 is 5.91 Å². The van der Waals surface area contributed by atoms with Gasteiger partial charge in [0.2, 0.25) is 5.91 Å². The molecule has 4 nitrogen and oxygen atoms in total. The molecule has 2 N–H and O–H groups in total. The monoisotopic (exact) mass is 283 g/mol. The highest BCUT2D eigenvalue weighted by atomic mass is 16.2. The molecule has 0 aliphatic carbocycles. The Morgan fingerprint density at radius 2 is 1.80 bits per heavy atom. The SMILES string of the molecule is CC(CC(=O)N1CCN(CCCN)CC1)CC(C)(C)C. The number of rotatable bonds is 6. The summed E-state index contributed by atoms with van der Waals surface area (Å²) in [7, 11) is 0. The van der Waals surface area contributed by atoms with Gasteiger partial charge in [0, 0.05) is 32.6 Å². The zero-order chi connectivity index (χ0) is 15.2. The summed E-state index contributed by atoms with van der Waals surface area (Å²) in [4.78, 5) is 16.8. The molecule has 1 fully saturated rings. The zero-order valence-corrected chi connectivity index (χ0v) is 13.8. The molecule has 0 aromatic heterocycles.